The summed E-state index contributed by atoms with van der Waals surface area (Å²) in [7, 11) is 0. The number of carbonyl (C=O) groups is 2. The molecule has 0 bridgehead atoms. The average molecular weight is 528 g/mol. The number of rotatable bonds is 9. The van der Waals surface area contributed by atoms with Crippen molar-refractivity contribution in [1.82, 2.24) is 24.6 Å². The van der Waals surface area contributed by atoms with Crippen LogP contribution in [0.2, 0.25) is 5.02 Å². The van der Waals surface area contributed by atoms with Crippen LogP contribution in [-0.2, 0) is 9.59 Å². The minimum Gasteiger partial charge on any atom is -0.484 e. The quantitative estimate of drug-likeness (QED) is 0.306. The highest BCUT2D eigenvalue weighted by Crippen LogP contribution is 2.23. The van der Waals surface area contributed by atoms with Gasteiger partial charge in [0.05, 0.1) is 0 Å². The van der Waals surface area contributed by atoms with E-state index in [1.807, 2.05) is 53.6 Å². The molecule has 1 aliphatic heterocycles. The summed E-state index contributed by atoms with van der Waals surface area (Å²) < 4.78 is 7.62. The van der Waals surface area contributed by atoms with Crippen molar-refractivity contribution in [2.45, 2.75) is 37.9 Å². The Morgan fingerprint density at radius 3 is 2.53 bits per heavy atom. The normalized spacial score (nSPS) is 15.7. The second kappa shape index (κ2) is 12.3. The fraction of sp³-hybridized carbons (Fsp3) is 0.385. The number of hydrogen-bond donors (Lipinski definition) is 0. The number of carbonyl (C=O) groups excluding carboxylic acids is 2. The molecule has 1 saturated heterocycles. The smallest absolute Gasteiger partial charge is 0.260 e. The molecule has 1 fully saturated rings. The van der Waals surface area contributed by atoms with Gasteiger partial charge in [0, 0.05) is 48.6 Å². The number of thioether (sulfide) groups is 1. The van der Waals surface area contributed by atoms with Crippen LogP contribution >= 0.6 is 23.4 Å². The van der Waals surface area contributed by atoms with Crippen molar-refractivity contribution in [2.75, 3.05) is 32.0 Å². The van der Waals surface area contributed by atoms with E-state index < -0.39 is 0 Å². The predicted molar refractivity (Wildman–Crippen MR) is 141 cm³/mol. The highest BCUT2D eigenvalue weighted by atomic mass is 35.5. The van der Waals surface area contributed by atoms with E-state index in [9.17, 15) is 9.59 Å². The molecule has 1 atom stereocenters. The maximum Gasteiger partial charge on any atom is 0.260 e. The molecule has 2 aromatic carbocycles. The standard InChI is InChI=1S/C26H30ClN5O3S/c1-19-17-30(14-15-31(19)25(34)18-35-23-12-10-21(27)11-13-23)24(33)9-6-16-36-26-29-28-20(2)32(26)22-7-4-3-5-8-22/h3-5,7-8,10-13,19H,6,9,14-18H2,1-2H3. The lowest BCUT2D eigenvalue weighted by atomic mass is 10.1. The van der Waals surface area contributed by atoms with Gasteiger partial charge in [-0.1, -0.05) is 41.6 Å². The monoisotopic (exact) mass is 527 g/mol. The number of halogens is 1. The van der Waals surface area contributed by atoms with Crippen LogP contribution in [0.4, 0.5) is 0 Å². The van der Waals surface area contributed by atoms with E-state index in [-0.39, 0.29) is 24.5 Å². The molecule has 1 aromatic heterocycles. The van der Waals surface area contributed by atoms with Crippen LogP contribution in [0.3, 0.4) is 0 Å². The molecule has 1 unspecified atom stereocenters. The number of nitrogens with zero attached hydrogens (tertiary/aromatic N) is 5. The summed E-state index contributed by atoms with van der Waals surface area (Å²) in [5.74, 6) is 2.24. The Morgan fingerprint density at radius 1 is 1.06 bits per heavy atom. The first-order valence-electron chi connectivity index (χ1n) is 12.0. The van der Waals surface area contributed by atoms with Crippen LogP contribution < -0.4 is 4.74 Å². The van der Waals surface area contributed by atoms with E-state index in [0.29, 0.717) is 36.8 Å². The van der Waals surface area contributed by atoms with Gasteiger partial charge in [-0.3, -0.25) is 14.2 Å². The molecule has 8 nitrogen and oxygen atoms in total. The molecular weight excluding hydrogens is 498 g/mol. The predicted octanol–water partition coefficient (Wildman–Crippen LogP) is 4.24. The van der Waals surface area contributed by atoms with Crippen molar-refractivity contribution in [2.24, 2.45) is 0 Å². The lowest BCUT2D eigenvalue weighted by Gasteiger charge is -2.39. The van der Waals surface area contributed by atoms with Gasteiger partial charge in [-0.25, -0.2) is 0 Å². The fourth-order valence-electron chi connectivity index (χ4n) is 4.17. The summed E-state index contributed by atoms with van der Waals surface area (Å²) in [5, 5.41) is 9.96. The zero-order valence-electron chi connectivity index (χ0n) is 20.5. The number of aromatic nitrogens is 3. The van der Waals surface area contributed by atoms with Crippen LogP contribution in [-0.4, -0.2) is 74.4 Å². The summed E-state index contributed by atoms with van der Waals surface area (Å²) >= 11 is 7.49. The van der Waals surface area contributed by atoms with E-state index in [4.69, 9.17) is 16.3 Å². The summed E-state index contributed by atoms with van der Waals surface area (Å²) in [6, 6.07) is 16.9. The van der Waals surface area contributed by atoms with Gasteiger partial charge in [0.1, 0.15) is 11.6 Å². The lowest BCUT2D eigenvalue weighted by molar-refractivity contribution is -0.143. The Kier molecular flexibility index (Phi) is 8.88. The third-order valence-electron chi connectivity index (χ3n) is 6.05. The molecule has 0 saturated carbocycles. The van der Waals surface area contributed by atoms with E-state index in [0.717, 1.165) is 28.8 Å². The third kappa shape index (κ3) is 6.59. The van der Waals surface area contributed by atoms with Gasteiger partial charge in [0.2, 0.25) is 5.91 Å². The minimum absolute atomic E-state index is 0.0375. The molecule has 2 heterocycles. The molecule has 4 rings (SSSR count). The zero-order valence-corrected chi connectivity index (χ0v) is 22.0. The van der Waals surface area contributed by atoms with Crippen LogP contribution in [0.15, 0.2) is 59.8 Å². The molecule has 0 radical (unpaired) electrons. The maximum atomic E-state index is 12.8. The van der Waals surface area contributed by atoms with Gasteiger partial charge in [0.15, 0.2) is 11.8 Å². The Morgan fingerprint density at radius 2 is 1.81 bits per heavy atom. The molecule has 2 amide bonds. The average Bonchev–Trinajstić information content (AvgIpc) is 3.26. The van der Waals surface area contributed by atoms with E-state index in [1.54, 1.807) is 40.9 Å². The molecule has 0 N–H and O–H groups in total. The minimum atomic E-state index is -0.0845. The molecule has 0 spiro atoms. The number of amides is 2. The van der Waals surface area contributed by atoms with Gasteiger partial charge in [0.25, 0.3) is 5.91 Å². The lowest BCUT2D eigenvalue weighted by Crippen LogP contribution is -2.56. The van der Waals surface area contributed by atoms with Gasteiger partial charge in [-0.05, 0) is 56.7 Å². The third-order valence-corrected chi connectivity index (χ3v) is 7.32. The fourth-order valence-corrected chi connectivity index (χ4v) is 5.23. The van der Waals surface area contributed by atoms with Crippen molar-refractivity contribution < 1.29 is 14.3 Å². The van der Waals surface area contributed by atoms with Gasteiger partial charge >= 0.3 is 0 Å². The van der Waals surface area contributed by atoms with Crippen molar-refractivity contribution in [3.05, 3.63) is 65.4 Å². The molecule has 10 heteroatoms. The second-order valence-corrected chi connectivity index (χ2v) is 10.2. The summed E-state index contributed by atoms with van der Waals surface area (Å²) in [5.41, 5.74) is 1.03. The number of benzene rings is 2. The molecule has 3 aromatic rings. The number of piperazine rings is 1. The summed E-state index contributed by atoms with van der Waals surface area (Å²) in [6.07, 6.45) is 1.21. The number of para-hydroxylation sites is 1. The van der Waals surface area contributed by atoms with Crippen LogP contribution in [0.25, 0.3) is 5.69 Å². The summed E-state index contributed by atoms with van der Waals surface area (Å²) in [4.78, 5) is 29.1. The first-order chi connectivity index (χ1) is 17.4. The van der Waals surface area contributed by atoms with Crippen molar-refractivity contribution in [1.29, 1.82) is 0 Å². The zero-order chi connectivity index (χ0) is 25.5. The van der Waals surface area contributed by atoms with Gasteiger partial charge < -0.3 is 14.5 Å². The van der Waals surface area contributed by atoms with Crippen LogP contribution in [0.5, 0.6) is 5.75 Å². The molecule has 0 aliphatic carbocycles. The Hall–Kier alpha value is -3.04. The maximum absolute atomic E-state index is 12.8. The van der Waals surface area contributed by atoms with Crippen molar-refractivity contribution in [3.63, 3.8) is 0 Å². The van der Waals surface area contributed by atoms with E-state index in [1.165, 1.54) is 0 Å². The van der Waals surface area contributed by atoms with Gasteiger partial charge in [-0.2, -0.15) is 0 Å². The van der Waals surface area contributed by atoms with Crippen molar-refractivity contribution >= 4 is 35.2 Å². The topological polar surface area (TPSA) is 80.6 Å². The number of hydrogen-bond acceptors (Lipinski definition) is 6. The second-order valence-electron chi connectivity index (χ2n) is 8.67. The highest BCUT2D eigenvalue weighted by molar-refractivity contribution is 7.99. The molecule has 190 valence electrons. The summed E-state index contributed by atoms with van der Waals surface area (Å²) in [6.45, 7) is 5.43. The number of ether oxygens (including phenoxy) is 1. The van der Waals surface area contributed by atoms with E-state index in [2.05, 4.69) is 10.2 Å². The Labute approximate surface area is 220 Å². The van der Waals surface area contributed by atoms with Crippen LogP contribution in [0.1, 0.15) is 25.6 Å². The highest BCUT2D eigenvalue weighted by Gasteiger charge is 2.29. The van der Waals surface area contributed by atoms with E-state index >= 15 is 0 Å². The molecular formula is C26H30ClN5O3S. The van der Waals surface area contributed by atoms with Crippen LogP contribution in [0, 0.1) is 6.92 Å². The van der Waals surface area contributed by atoms with Gasteiger partial charge in [-0.15, -0.1) is 10.2 Å². The number of aryl methyl sites for hydroxylation is 1. The largest absolute Gasteiger partial charge is 0.484 e. The first kappa shape index (κ1) is 26.0. The molecule has 36 heavy (non-hydrogen) atoms. The first-order valence-corrected chi connectivity index (χ1v) is 13.3. The Bertz CT molecular complexity index is 1170. The SMILES string of the molecule is Cc1nnc(SCCCC(=O)N2CCN(C(=O)COc3ccc(Cl)cc3)C(C)C2)n1-c1ccccc1. The van der Waals surface area contributed by atoms with Crippen molar-refractivity contribution in [3.8, 4) is 11.4 Å². The molecule has 1 aliphatic rings. The Balaban J connectivity index is 1.20.